The summed E-state index contributed by atoms with van der Waals surface area (Å²) in [6.07, 6.45) is 8.27. The first kappa shape index (κ1) is 28.9. The molecule has 0 saturated carbocycles. The van der Waals surface area contributed by atoms with Crippen LogP contribution in [0.25, 0.3) is 11.4 Å². The lowest BCUT2D eigenvalue weighted by Gasteiger charge is -2.34. The molecule has 2 aromatic heterocycles. The number of rotatable bonds is 11. The van der Waals surface area contributed by atoms with Crippen molar-refractivity contribution in [2.24, 2.45) is 5.92 Å². The molecule has 0 aliphatic carbocycles. The lowest BCUT2D eigenvalue weighted by atomic mass is 9.95. The number of hydrogen-bond acceptors (Lipinski definition) is 6. The van der Waals surface area contributed by atoms with Crippen LogP contribution in [0, 0.1) is 12.8 Å². The number of pyridine rings is 1. The molecule has 42 heavy (non-hydrogen) atoms. The van der Waals surface area contributed by atoms with Crippen LogP contribution >= 0.6 is 0 Å². The summed E-state index contributed by atoms with van der Waals surface area (Å²) in [7, 11) is 0. The SMILES string of the molecule is CCc1cc(-c2ncc[nH]2)cc(C)c1C(=O)NC(Cc1ccc(N2CCC(CNc3ccccn3)CC2)cc1)C(=O)O. The number of amides is 1. The number of benzene rings is 2. The summed E-state index contributed by atoms with van der Waals surface area (Å²) in [6.45, 7) is 6.71. The Labute approximate surface area is 246 Å². The van der Waals surface area contributed by atoms with Crippen molar-refractivity contribution in [2.75, 3.05) is 29.9 Å². The van der Waals surface area contributed by atoms with Crippen molar-refractivity contribution in [1.29, 1.82) is 0 Å². The van der Waals surface area contributed by atoms with E-state index < -0.39 is 12.0 Å². The van der Waals surface area contributed by atoms with Crippen LogP contribution in [0.3, 0.4) is 0 Å². The Kier molecular flexibility index (Phi) is 9.16. The highest BCUT2D eigenvalue weighted by Gasteiger charge is 2.25. The van der Waals surface area contributed by atoms with Crippen LogP contribution in [0.2, 0.25) is 0 Å². The van der Waals surface area contributed by atoms with Crippen molar-refractivity contribution in [1.82, 2.24) is 20.3 Å². The van der Waals surface area contributed by atoms with Crippen molar-refractivity contribution in [3.63, 3.8) is 0 Å². The molecule has 9 nitrogen and oxygen atoms in total. The molecule has 9 heteroatoms. The molecule has 0 spiro atoms. The molecule has 1 amide bonds. The molecule has 4 N–H and O–H groups in total. The van der Waals surface area contributed by atoms with Crippen molar-refractivity contribution in [3.8, 4) is 11.4 Å². The van der Waals surface area contributed by atoms with E-state index in [0.717, 1.165) is 72.1 Å². The summed E-state index contributed by atoms with van der Waals surface area (Å²) in [5.41, 5.74) is 5.04. The van der Waals surface area contributed by atoms with Gasteiger partial charge in [0.25, 0.3) is 5.91 Å². The molecule has 0 bridgehead atoms. The molecule has 3 heterocycles. The molecule has 2 aromatic carbocycles. The quantitative estimate of drug-likeness (QED) is 0.199. The second-order valence-corrected chi connectivity index (χ2v) is 10.9. The predicted molar refractivity (Wildman–Crippen MR) is 165 cm³/mol. The van der Waals surface area contributed by atoms with Gasteiger partial charge in [0.2, 0.25) is 0 Å². The van der Waals surface area contributed by atoms with E-state index >= 15 is 0 Å². The number of carboxylic acid groups (broad SMARTS) is 1. The van der Waals surface area contributed by atoms with Crippen LogP contribution in [0.5, 0.6) is 0 Å². The molecule has 1 aliphatic heterocycles. The van der Waals surface area contributed by atoms with Gasteiger partial charge in [0.15, 0.2) is 0 Å². The molecule has 1 saturated heterocycles. The maximum atomic E-state index is 13.3. The zero-order valence-electron chi connectivity index (χ0n) is 24.1. The van der Waals surface area contributed by atoms with Crippen LogP contribution in [-0.2, 0) is 17.6 Å². The number of H-pyrrole nitrogens is 1. The average Bonchev–Trinajstić information content (AvgIpc) is 3.56. The molecule has 5 rings (SSSR count). The van der Waals surface area contributed by atoms with E-state index in [4.69, 9.17) is 0 Å². The zero-order valence-corrected chi connectivity index (χ0v) is 24.1. The molecule has 1 aliphatic rings. The summed E-state index contributed by atoms with van der Waals surface area (Å²) in [5, 5.41) is 16.2. The third-order valence-corrected chi connectivity index (χ3v) is 7.99. The number of hydrogen-bond donors (Lipinski definition) is 4. The van der Waals surface area contributed by atoms with Gasteiger partial charge < -0.3 is 25.6 Å². The van der Waals surface area contributed by atoms with E-state index in [1.807, 2.05) is 56.3 Å². The fourth-order valence-corrected chi connectivity index (χ4v) is 5.64. The van der Waals surface area contributed by atoms with Crippen LogP contribution in [0.1, 0.15) is 46.8 Å². The summed E-state index contributed by atoms with van der Waals surface area (Å²) in [6, 6.07) is 16.7. The monoisotopic (exact) mass is 566 g/mol. The number of carbonyl (C=O) groups is 2. The van der Waals surface area contributed by atoms with E-state index in [1.165, 1.54) is 0 Å². The first-order valence-electron chi connectivity index (χ1n) is 14.6. The minimum atomic E-state index is -1.06. The first-order valence-corrected chi connectivity index (χ1v) is 14.6. The summed E-state index contributed by atoms with van der Waals surface area (Å²) < 4.78 is 0. The third-order valence-electron chi connectivity index (χ3n) is 7.99. The Balaban J connectivity index is 1.18. The molecular weight excluding hydrogens is 528 g/mol. The summed E-state index contributed by atoms with van der Waals surface area (Å²) in [5.74, 6) is 0.807. The molecule has 4 aromatic rings. The molecule has 218 valence electrons. The molecule has 0 radical (unpaired) electrons. The number of piperidine rings is 1. The molecule has 1 fully saturated rings. The van der Waals surface area contributed by atoms with Gasteiger partial charge in [-0.25, -0.2) is 14.8 Å². The normalized spacial score (nSPS) is 14.4. The number of anilines is 2. The Bertz CT molecular complexity index is 1480. The standard InChI is InChI=1S/C33H38N6O3/c1-3-25-20-26(31-35-14-15-36-31)18-22(2)30(25)32(40)38-28(33(41)42)19-23-7-9-27(10-8-23)39-16-11-24(12-17-39)21-37-29-6-4-5-13-34-29/h4-10,13-15,18,20,24,28H,3,11-12,16-17,19,21H2,1-2H3,(H,34,37)(H,35,36)(H,38,40)(H,41,42). The van der Waals surface area contributed by atoms with Gasteiger partial charge in [-0.3, -0.25) is 4.79 Å². The average molecular weight is 567 g/mol. The van der Waals surface area contributed by atoms with Crippen LogP contribution in [-0.4, -0.2) is 57.6 Å². The Morgan fingerprint density at radius 3 is 2.50 bits per heavy atom. The number of carboxylic acids is 1. The van der Waals surface area contributed by atoms with Gasteiger partial charge in [0, 0.05) is 61.5 Å². The van der Waals surface area contributed by atoms with Gasteiger partial charge in [-0.05, 0) is 85.2 Å². The van der Waals surface area contributed by atoms with Crippen molar-refractivity contribution < 1.29 is 14.7 Å². The van der Waals surface area contributed by atoms with E-state index in [1.54, 1.807) is 18.6 Å². The minimum Gasteiger partial charge on any atom is -0.480 e. The van der Waals surface area contributed by atoms with Crippen molar-refractivity contribution in [3.05, 3.63) is 95.4 Å². The largest absolute Gasteiger partial charge is 0.480 e. The van der Waals surface area contributed by atoms with E-state index in [9.17, 15) is 14.7 Å². The predicted octanol–water partition coefficient (Wildman–Crippen LogP) is 5.10. The zero-order chi connectivity index (χ0) is 29.5. The second kappa shape index (κ2) is 13.3. The maximum absolute atomic E-state index is 13.3. The Hall–Kier alpha value is -4.66. The van der Waals surface area contributed by atoms with E-state index in [0.29, 0.717) is 17.9 Å². The van der Waals surface area contributed by atoms with Crippen LogP contribution in [0.15, 0.2) is 73.2 Å². The highest BCUT2D eigenvalue weighted by Crippen LogP contribution is 2.26. The topological polar surface area (TPSA) is 123 Å². The highest BCUT2D eigenvalue weighted by atomic mass is 16.4. The van der Waals surface area contributed by atoms with Gasteiger partial charge in [-0.1, -0.05) is 25.1 Å². The molecular formula is C33H38N6O3. The number of aliphatic carboxylic acids is 1. The van der Waals surface area contributed by atoms with E-state index in [-0.39, 0.29) is 12.3 Å². The first-order chi connectivity index (χ1) is 20.4. The fraction of sp³-hybridized carbons (Fsp3) is 0.333. The number of aryl methyl sites for hydroxylation is 2. The number of nitrogens with one attached hydrogen (secondary N) is 3. The third kappa shape index (κ3) is 6.97. The Morgan fingerprint density at radius 2 is 1.86 bits per heavy atom. The van der Waals surface area contributed by atoms with Gasteiger partial charge in [-0.2, -0.15) is 0 Å². The van der Waals surface area contributed by atoms with Crippen molar-refractivity contribution >= 4 is 23.4 Å². The summed E-state index contributed by atoms with van der Waals surface area (Å²) >= 11 is 0. The highest BCUT2D eigenvalue weighted by molar-refractivity contribution is 5.99. The lowest BCUT2D eigenvalue weighted by Crippen LogP contribution is -2.42. The summed E-state index contributed by atoms with van der Waals surface area (Å²) in [4.78, 5) is 39.6. The van der Waals surface area contributed by atoms with Crippen molar-refractivity contribution in [2.45, 2.75) is 45.6 Å². The van der Waals surface area contributed by atoms with Crippen LogP contribution < -0.4 is 15.5 Å². The number of carbonyl (C=O) groups excluding carboxylic acids is 1. The molecule has 1 atom stereocenters. The number of imidazole rings is 1. The second-order valence-electron chi connectivity index (χ2n) is 10.9. The molecule has 1 unspecified atom stereocenters. The Morgan fingerprint density at radius 1 is 1.07 bits per heavy atom. The number of aromatic amines is 1. The van der Waals surface area contributed by atoms with Gasteiger partial charge >= 0.3 is 5.97 Å². The number of nitrogens with zero attached hydrogens (tertiary/aromatic N) is 3. The lowest BCUT2D eigenvalue weighted by molar-refractivity contribution is -0.139. The van der Waals surface area contributed by atoms with Gasteiger partial charge in [-0.15, -0.1) is 0 Å². The minimum absolute atomic E-state index is 0.202. The van der Waals surface area contributed by atoms with E-state index in [2.05, 4.69) is 42.6 Å². The smallest absolute Gasteiger partial charge is 0.326 e. The van der Waals surface area contributed by atoms with Gasteiger partial charge in [0.1, 0.15) is 17.7 Å². The maximum Gasteiger partial charge on any atom is 0.326 e. The van der Waals surface area contributed by atoms with Crippen LogP contribution in [0.4, 0.5) is 11.5 Å². The fourth-order valence-electron chi connectivity index (χ4n) is 5.64. The number of aromatic nitrogens is 3. The van der Waals surface area contributed by atoms with Gasteiger partial charge in [0.05, 0.1) is 0 Å².